The van der Waals surface area contributed by atoms with Crippen molar-refractivity contribution in [2.24, 2.45) is 5.73 Å². The van der Waals surface area contributed by atoms with Gasteiger partial charge < -0.3 is 5.73 Å². The van der Waals surface area contributed by atoms with E-state index in [1.165, 1.54) is 0 Å². The molecule has 0 aliphatic rings. The zero-order valence-corrected chi connectivity index (χ0v) is 9.46. The molecule has 2 N–H and O–H groups in total. The number of halogens is 1. The average molecular weight is 213 g/mol. The van der Waals surface area contributed by atoms with Crippen LogP contribution in [-0.4, -0.2) is 12.8 Å². The van der Waals surface area contributed by atoms with Crippen LogP contribution in [0, 0.1) is 12.7 Å². The van der Waals surface area contributed by atoms with Crippen LogP contribution in [0.2, 0.25) is 0 Å². The van der Waals surface area contributed by atoms with Crippen molar-refractivity contribution in [1.82, 2.24) is 0 Å². The molecule has 0 aliphatic heterocycles. The van der Waals surface area contributed by atoms with Crippen LogP contribution in [0.25, 0.3) is 0 Å². The predicted octanol–water partition coefficient (Wildman–Crippen LogP) is 2.75. The maximum Gasteiger partial charge on any atom is 0.126 e. The second-order valence-corrected chi connectivity index (χ2v) is 4.15. The maximum atomic E-state index is 13.4. The zero-order valence-electron chi connectivity index (χ0n) is 8.64. The minimum atomic E-state index is -0.103. The van der Waals surface area contributed by atoms with E-state index in [-0.39, 0.29) is 5.82 Å². The first-order valence-electron chi connectivity index (χ1n) is 4.72. The second-order valence-electron chi connectivity index (χ2n) is 3.31. The molecule has 3 heteroatoms. The first-order valence-corrected chi connectivity index (χ1v) is 5.94. The van der Waals surface area contributed by atoms with Gasteiger partial charge in [-0.3, -0.25) is 0 Å². The Morgan fingerprint density at radius 3 is 2.71 bits per heavy atom. The van der Waals surface area contributed by atoms with Crippen LogP contribution in [0.5, 0.6) is 0 Å². The van der Waals surface area contributed by atoms with Crippen LogP contribution in [-0.2, 0) is 6.42 Å². The summed E-state index contributed by atoms with van der Waals surface area (Å²) in [5.41, 5.74) is 7.19. The summed E-state index contributed by atoms with van der Waals surface area (Å²) in [6, 6.07) is 3.54. The van der Waals surface area contributed by atoms with Crippen LogP contribution in [0.1, 0.15) is 17.5 Å². The molecule has 0 fully saturated rings. The molecule has 1 nitrogen and oxygen atoms in total. The number of thioether (sulfide) groups is 1. The van der Waals surface area contributed by atoms with E-state index in [9.17, 15) is 4.39 Å². The third-order valence-corrected chi connectivity index (χ3v) is 3.09. The molecule has 1 rings (SSSR count). The molecule has 0 bridgehead atoms. The molecule has 0 aromatic heterocycles. The van der Waals surface area contributed by atoms with Gasteiger partial charge in [-0.05, 0) is 55.8 Å². The van der Waals surface area contributed by atoms with Gasteiger partial charge in [-0.2, -0.15) is 0 Å². The number of rotatable bonds is 4. The molecule has 78 valence electrons. The fraction of sp³-hybridized carbons (Fsp3) is 0.455. The van der Waals surface area contributed by atoms with Crippen LogP contribution in [0.15, 0.2) is 17.0 Å². The van der Waals surface area contributed by atoms with E-state index in [1.807, 2.05) is 19.2 Å². The van der Waals surface area contributed by atoms with Crippen molar-refractivity contribution in [3.05, 3.63) is 29.1 Å². The first-order chi connectivity index (χ1) is 6.69. The molecule has 0 atom stereocenters. The Kier molecular flexibility index (Phi) is 4.42. The minimum absolute atomic E-state index is 0.103. The summed E-state index contributed by atoms with van der Waals surface area (Å²) in [5, 5.41) is 0. The second kappa shape index (κ2) is 5.37. The molecular weight excluding hydrogens is 197 g/mol. The molecule has 1 aromatic carbocycles. The van der Waals surface area contributed by atoms with Crippen LogP contribution in [0.4, 0.5) is 4.39 Å². The van der Waals surface area contributed by atoms with E-state index in [2.05, 4.69) is 0 Å². The van der Waals surface area contributed by atoms with Gasteiger partial charge in [0, 0.05) is 4.90 Å². The van der Waals surface area contributed by atoms with Gasteiger partial charge in [-0.1, -0.05) is 0 Å². The molecule has 0 heterocycles. The highest BCUT2D eigenvalue weighted by molar-refractivity contribution is 7.98. The average Bonchev–Trinajstić information content (AvgIpc) is 2.17. The van der Waals surface area contributed by atoms with Gasteiger partial charge in [0.15, 0.2) is 0 Å². The molecule has 14 heavy (non-hydrogen) atoms. The summed E-state index contributed by atoms with van der Waals surface area (Å²) in [6.07, 6.45) is 3.58. The number of hydrogen-bond donors (Lipinski definition) is 1. The van der Waals surface area contributed by atoms with Gasteiger partial charge in [-0.15, -0.1) is 11.8 Å². The lowest BCUT2D eigenvalue weighted by Gasteiger charge is -2.07. The van der Waals surface area contributed by atoms with E-state index in [4.69, 9.17) is 5.73 Å². The summed E-state index contributed by atoms with van der Waals surface area (Å²) < 4.78 is 13.4. The number of hydrogen-bond acceptors (Lipinski definition) is 2. The van der Waals surface area contributed by atoms with Gasteiger partial charge in [0.05, 0.1) is 0 Å². The Bertz CT molecular complexity index is 312. The SMILES string of the molecule is CSc1cc(CCCN)c(F)cc1C. The van der Waals surface area contributed by atoms with E-state index in [0.29, 0.717) is 6.54 Å². The Balaban J connectivity index is 2.92. The van der Waals surface area contributed by atoms with Crippen molar-refractivity contribution in [1.29, 1.82) is 0 Å². The molecule has 0 saturated heterocycles. The normalized spacial score (nSPS) is 10.6. The number of benzene rings is 1. The van der Waals surface area contributed by atoms with Crippen molar-refractivity contribution >= 4 is 11.8 Å². The third kappa shape index (κ3) is 2.72. The van der Waals surface area contributed by atoms with Crippen LogP contribution >= 0.6 is 11.8 Å². The Morgan fingerprint density at radius 2 is 2.14 bits per heavy atom. The summed E-state index contributed by atoms with van der Waals surface area (Å²) in [6.45, 7) is 2.55. The van der Waals surface area contributed by atoms with E-state index < -0.39 is 0 Å². The molecule has 0 aliphatic carbocycles. The van der Waals surface area contributed by atoms with Crippen molar-refractivity contribution in [2.45, 2.75) is 24.7 Å². The maximum absolute atomic E-state index is 13.4. The van der Waals surface area contributed by atoms with Crippen molar-refractivity contribution < 1.29 is 4.39 Å². The molecule has 0 radical (unpaired) electrons. The standard InChI is InChI=1S/C11H16FNS/c1-8-6-10(12)9(4-3-5-13)7-11(8)14-2/h6-7H,3-5,13H2,1-2H3. The van der Waals surface area contributed by atoms with Crippen LogP contribution in [0.3, 0.4) is 0 Å². The topological polar surface area (TPSA) is 26.0 Å². The van der Waals surface area contributed by atoms with E-state index in [0.717, 1.165) is 28.9 Å². The van der Waals surface area contributed by atoms with Gasteiger partial charge in [0.2, 0.25) is 0 Å². The summed E-state index contributed by atoms with van der Waals surface area (Å²) in [4.78, 5) is 1.15. The summed E-state index contributed by atoms with van der Waals surface area (Å²) >= 11 is 1.65. The highest BCUT2D eigenvalue weighted by Crippen LogP contribution is 2.24. The molecular formula is C11H16FNS. The van der Waals surface area contributed by atoms with Crippen molar-refractivity contribution in [3.8, 4) is 0 Å². The van der Waals surface area contributed by atoms with Gasteiger partial charge in [0.1, 0.15) is 5.82 Å². The fourth-order valence-electron chi connectivity index (χ4n) is 1.40. The Labute approximate surface area is 88.9 Å². The Morgan fingerprint density at radius 1 is 1.43 bits per heavy atom. The lowest BCUT2D eigenvalue weighted by Crippen LogP contribution is -2.02. The zero-order chi connectivity index (χ0) is 10.6. The predicted molar refractivity (Wildman–Crippen MR) is 60.3 cm³/mol. The third-order valence-electron chi connectivity index (χ3n) is 2.21. The summed E-state index contributed by atoms with van der Waals surface area (Å²) in [7, 11) is 0. The molecule has 0 unspecified atom stereocenters. The van der Waals surface area contributed by atoms with Gasteiger partial charge in [-0.25, -0.2) is 4.39 Å². The Hall–Kier alpha value is -0.540. The molecule has 0 amide bonds. The minimum Gasteiger partial charge on any atom is -0.330 e. The van der Waals surface area contributed by atoms with E-state index in [1.54, 1.807) is 17.8 Å². The fourth-order valence-corrected chi connectivity index (χ4v) is 2.04. The number of nitrogens with two attached hydrogens (primary N) is 1. The molecule has 0 saturated carbocycles. The summed E-state index contributed by atoms with van der Waals surface area (Å²) in [5.74, 6) is -0.103. The quantitative estimate of drug-likeness (QED) is 0.778. The van der Waals surface area contributed by atoms with Crippen LogP contribution < -0.4 is 5.73 Å². The molecule has 1 aromatic rings. The molecule has 0 spiro atoms. The highest BCUT2D eigenvalue weighted by Gasteiger charge is 2.06. The highest BCUT2D eigenvalue weighted by atomic mass is 32.2. The first kappa shape index (κ1) is 11.5. The van der Waals surface area contributed by atoms with E-state index >= 15 is 0 Å². The lowest BCUT2D eigenvalue weighted by molar-refractivity contribution is 0.602. The van der Waals surface area contributed by atoms with Gasteiger partial charge in [0.25, 0.3) is 0 Å². The van der Waals surface area contributed by atoms with Gasteiger partial charge >= 0.3 is 0 Å². The van der Waals surface area contributed by atoms with Crippen molar-refractivity contribution in [3.63, 3.8) is 0 Å². The monoisotopic (exact) mass is 213 g/mol. The smallest absolute Gasteiger partial charge is 0.126 e. The number of aryl methyl sites for hydroxylation is 2. The largest absolute Gasteiger partial charge is 0.330 e. The lowest BCUT2D eigenvalue weighted by atomic mass is 10.1. The van der Waals surface area contributed by atoms with Crippen molar-refractivity contribution in [2.75, 3.05) is 12.8 Å².